The van der Waals surface area contributed by atoms with Crippen molar-refractivity contribution in [2.75, 3.05) is 5.32 Å². The number of hydrogen-bond acceptors (Lipinski definition) is 5. The van der Waals surface area contributed by atoms with E-state index in [0.717, 1.165) is 0 Å². The summed E-state index contributed by atoms with van der Waals surface area (Å²) < 4.78 is 19.1. The van der Waals surface area contributed by atoms with Crippen LogP contribution < -0.4 is 5.32 Å². The van der Waals surface area contributed by atoms with E-state index in [1.807, 2.05) is 0 Å². The number of carbonyl (C=O) groups excluding carboxylic acids is 1. The summed E-state index contributed by atoms with van der Waals surface area (Å²) in [5.74, 6) is 0.356. The Bertz CT molecular complexity index is 769. The lowest BCUT2D eigenvalue weighted by molar-refractivity contribution is -0.116. The van der Waals surface area contributed by atoms with Crippen molar-refractivity contribution < 1.29 is 13.6 Å². The number of hydrogen-bond donors (Lipinski definition) is 2. The van der Waals surface area contributed by atoms with Gasteiger partial charge in [-0.2, -0.15) is 10.1 Å². The second-order valence-electron chi connectivity index (χ2n) is 4.48. The zero-order valence-electron chi connectivity index (χ0n) is 11.4. The second-order valence-corrected chi connectivity index (χ2v) is 4.48. The summed E-state index contributed by atoms with van der Waals surface area (Å²) in [6, 6.07) is 6.27. The van der Waals surface area contributed by atoms with Gasteiger partial charge in [0.25, 0.3) is 0 Å². The minimum Gasteiger partial charge on any atom is -0.441 e. The highest BCUT2D eigenvalue weighted by Crippen LogP contribution is 2.23. The van der Waals surface area contributed by atoms with Gasteiger partial charge in [-0.25, -0.2) is 14.5 Å². The number of amides is 1. The smallest absolute Gasteiger partial charge is 0.227 e. The zero-order valence-corrected chi connectivity index (χ0v) is 11.4. The fourth-order valence-corrected chi connectivity index (χ4v) is 1.89. The van der Waals surface area contributed by atoms with Gasteiger partial charge in [-0.15, -0.1) is 0 Å². The fourth-order valence-electron chi connectivity index (χ4n) is 1.89. The maximum Gasteiger partial charge on any atom is 0.227 e. The van der Waals surface area contributed by atoms with E-state index in [1.54, 1.807) is 18.2 Å². The van der Waals surface area contributed by atoms with Gasteiger partial charge in [0.1, 0.15) is 12.1 Å². The first-order chi connectivity index (χ1) is 10.7. The predicted octanol–water partition coefficient (Wildman–Crippen LogP) is 2.17. The van der Waals surface area contributed by atoms with E-state index in [4.69, 9.17) is 4.42 Å². The van der Waals surface area contributed by atoms with Crippen molar-refractivity contribution in [3.8, 4) is 11.3 Å². The van der Waals surface area contributed by atoms with E-state index >= 15 is 0 Å². The lowest BCUT2D eigenvalue weighted by Gasteiger charge is -1.99. The summed E-state index contributed by atoms with van der Waals surface area (Å²) in [4.78, 5) is 19.5. The van der Waals surface area contributed by atoms with Gasteiger partial charge in [0.15, 0.2) is 11.7 Å². The van der Waals surface area contributed by atoms with Gasteiger partial charge in [0.05, 0.1) is 11.8 Å². The van der Waals surface area contributed by atoms with E-state index in [2.05, 4.69) is 25.5 Å². The number of nitrogens with zero attached hydrogens (tertiary/aromatic N) is 3. The van der Waals surface area contributed by atoms with Crippen LogP contribution in [0.4, 0.5) is 10.3 Å². The minimum atomic E-state index is -0.381. The Kier molecular flexibility index (Phi) is 3.90. The zero-order chi connectivity index (χ0) is 15.4. The average Bonchev–Trinajstić information content (AvgIpc) is 3.17. The van der Waals surface area contributed by atoms with Crippen LogP contribution in [0.15, 0.2) is 41.2 Å². The second kappa shape index (κ2) is 6.17. The van der Waals surface area contributed by atoms with Crippen LogP contribution in [-0.2, 0) is 11.2 Å². The molecule has 112 valence electrons. The van der Waals surface area contributed by atoms with E-state index in [9.17, 15) is 9.18 Å². The first-order valence-corrected chi connectivity index (χ1v) is 6.57. The summed E-state index contributed by atoms with van der Waals surface area (Å²) in [5.41, 5.74) is 0.340. The van der Waals surface area contributed by atoms with Crippen molar-refractivity contribution in [1.29, 1.82) is 0 Å². The number of rotatable bonds is 5. The molecule has 0 saturated heterocycles. The van der Waals surface area contributed by atoms with E-state index in [-0.39, 0.29) is 24.1 Å². The number of aryl methyl sites for hydroxylation is 1. The minimum absolute atomic E-state index is 0.165. The van der Waals surface area contributed by atoms with Crippen LogP contribution in [-0.4, -0.2) is 26.1 Å². The molecule has 0 radical (unpaired) electrons. The number of anilines is 1. The van der Waals surface area contributed by atoms with Gasteiger partial charge in [-0.1, -0.05) is 12.1 Å². The summed E-state index contributed by atoms with van der Waals surface area (Å²) in [6.07, 6.45) is 3.21. The van der Waals surface area contributed by atoms with Gasteiger partial charge in [0, 0.05) is 12.8 Å². The molecule has 0 aliphatic rings. The molecule has 0 aliphatic heterocycles. The van der Waals surface area contributed by atoms with Crippen molar-refractivity contribution >= 4 is 11.9 Å². The molecular formula is C14H12FN5O2. The molecule has 3 aromatic rings. The highest BCUT2D eigenvalue weighted by molar-refractivity contribution is 5.88. The first-order valence-electron chi connectivity index (χ1n) is 6.57. The maximum absolute atomic E-state index is 13.6. The monoisotopic (exact) mass is 301 g/mol. The third-order valence-electron chi connectivity index (χ3n) is 2.93. The highest BCUT2D eigenvalue weighted by Gasteiger charge is 2.12. The molecule has 1 aromatic carbocycles. The number of oxazole rings is 1. The molecule has 0 fully saturated rings. The molecule has 0 unspecified atom stereocenters. The molecule has 2 aromatic heterocycles. The Morgan fingerprint density at radius 3 is 2.95 bits per heavy atom. The summed E-state index contributed by atoms with van der Waals surface area (Å²) in [7, 11) is 0. The van der Waals surface area contributed by atoms with Gasteiger partial charge >= 0.3 is 0 Å². The quantitative estimate of drug-likeness (QED) is 0.752. The molecule has 0 atom stereocenters. The van der Waals surface area contributed by atoms with Gasteiger partial charge in [-0.3, -0.25) is 10.1 Å². The van der Waals surface area contributed by atoms with Crippen molar-refractivity contribution in [3.63, 3.8) is 0 Å². The molecule has 0 spiro atoms. The van der Waals surface area contributed by atoms with Crippen LogP contribution in [0.3, 0.4) is 0 Å². The molecular weight excluding hydrogens is 289 g/mol. The van der Waals surface area contributed by atoms with Crippen LogP contribution in [0.2, 0.25) is 0 Å². The lowest BCUT2D eigenvalue weighted by Crippen LogP contribution is -2.13. The Labute approximate surface area is 124 Å². The summed E-state index contributed by atoms with van der Waals surface area (Å²) in [5, 5.41) is 8.69. The number of carbonyl (C=O) groups is 1. The molecule has 1 amide bonds. The number of aromatic amines is 1. The van der Waals surface area contributed by atoms with E-state index < -0.39 is 0 Å². The molecule has 0 aliphatic carbocycles. The molecule has 0 bridgehead atoms. The predicted molar refractivity (Wildman–Crippen MR) is 75.2 cm³/mol. The highest BCUT2D eigenvalue weighted by atomic mass is 19.1. The van der Waals surface area contributed by atoms with Crippen LogP contribution in [0.1, 0.15) is 12.3 Å². The Hall–Kier alpha value is -3.03. The van der Waals surface area contributed by atoms with Crippen LogP contribution >= 0.6 is 0 Å². The van der Waals surface area contributed by atoms with Gasteiger partial charge < -0.3 is 4.42 Å². The standard InChI is InChI=1S/C14H12FN5O2/c15-10-4-2-1-3-9(10)11-7-16-13(22-11)6-5-12(21)19-14-17-8-18-20-14/h1-4,7-8H,5-6H2,(H2,17,18,19,20,21). The summed E-state index contributed by atoms with van der Waals surface area (Å²) >= 11 is 0. The van der Waals surface area contributed by atoms with Crippen molar-refractivity contribution in [3.05, 3.63) is 48.5 Å². The number of nitrogens with one attached hydrogen (secondary N) is 2. The fraction of sp³-hybridized carbons (Fsp3) is 0.143. The number of aromatic nitrogens is 4. The van der Waals surface area contributed by atoms with Crippen molar-refractivity contribution in [2.45, 2.75) is 12.8 Å². The molecule has 3 rings (SSSR count). The first kappa shape index (κ1) is 13.9. The van der Waals surface area contributed by atoms with Crippen molar-refractivity contribution in [1.82, 2.24) is 20.2 Å². The van der Waals surface area contributed by atoms with Gasteiger partial charge in [0.2, 0.25) is 11.9 Å². The van der Waals surface area contributed by atoms with Gasteiger partial charge in [-0.05, 0) is 12.1 Å². The maximum atomic E-state index is 13.6. The molecule has 7 nitrogen and oxygen atoms in total. The Morgan fingerprint density at radius 1 is 1.32 bits per heavy atom. The normalized spacial score (nSPS) is 10.6. The molecule has 8 heteroatoms. The Balaban J connectivity index is 1.60. The van der Waals surface area contributed by atoms with Crippen LogP contribution in [0, 0.1) is 5.82 Å². The molecule has 2 heterocycles. The molecule has 22 heavy (non-hydrogen) atoms. The largest absolute Gasteiger partial charge is 0.441 e. The average molecular weight is 301 g/mol. The Morgan fingerprint density at radius 2 is 2.18 bits per heavy atom. The van der Waals surface area contributed by atoms with Crippen LogP contribution in [0.5, 0.6) is 0 Å². The molecule has 2 N–H and O–H groups in total. The van der Waals surface area contributed by atoms with Crippen molar-refractivity contribution in [2.24, 2.45) is 0 Å². The topological polar surface area (TPSA) is 96.7 Å². The number of H-pyrrole nitrogens is 1. The SMILES string of the molecule is O=C(CCc1ncc(-c2ccccc2F)o1)Nc1ncn[nH]1. The van der Waals surface area contributed by atoms with E-state index in [1.165, 1.54) is 18.6 Å². The third kappa shape index (κ3) is 3.17. The number of benzene rings is 1. The van der Waals surface area contributed by atoms with E-state index in [0.29, 0.717) is 23.6 Å². The lowest BCUT2D eigenvalue weighted by atomic mass is 10.2. The third-order valence-corrected chi connectivity index (χ3v) is 2.93. The molecule has 0 saturated carbocycles. The number of halogens is 1. The summed E-state index contributed by atoms with van der Waals surface area (Å²) in [6.45, 7) is 0. The van der Waals surface area contributed by atoms with Crippen LogP contribution in [0.25, 0.3) is 11.3 Å².